The van der Waals surface area contributed by atoms with Crippen molar-refractivity contribution in [2.75, 3.05) is 16.8 Å². The van der Waals surface area contributed by atoms with Crippen molar-refractivity contribution >= 4 is 27.3 Å². The molecule has 32 heavy (non-hydrogen) atoms. The number of sulfonamides is 1. The molecule has 8 heteroatoms. The van der Waals surface area contributed by atoms with Gasteiger partial charge in [0.15, 0.2) is 11.5 Å². The van der Waals surface area contributed by atoms with E-state index in [9.17, 15) is 13.2 Å². The summed E-state index contributed by atoms with van der Waals surface area (Å²) < 4.78 is 38.8. The number of benzene rings is 3. The number of para-hydroxylation sites is 1. The van der Waals surface area contributed by atoms with E-state index in [0.29, 0.717) is 29.3 Å². The van der Waals surface area contributed by atoms with Crippen molar-refractivity contribution in [3.05, 3.63) is 77.4 Å². The zero-order valence-electron chi connectivity index (χ0n) is 17.8. The Bertz CT molecular complexity index is 1230. The van der Waals surface area contributed by atoms with Crippen molar-refractivity contribution in [1.29, 1.82) is 0 Å². The number of rotatable bonds is 7. The Hall–Kier alpha value is -3.52. The fraction of sp³-hybridized carbons (Fsp3) is 0.208. The van der Waals surface area contributed by atoms with Crippen LogP contribution in [0.1, 0.15) is 23.1 Å². The standard InChI is InChI=1S/C24H24N2O5S/c1-16-4-3-5-17(2)24(16)26-32(28,29)20-10-8-19(9-11-20)25-23(27)13-7-18-6-12-21-22(14-18)31-15-30-21/h3-6,8-12,14,26H,7,13,15H2,1-2H3,(H,25,27). The Balaban J connectivity index is 1.36. The lowest BCUT2D eigenvalue weighted by molar-refractivity contribution is -0.116. The second-order valence-corrected chi connectivity index (χ2v) is 9.31. The number of ether oxygens (including phenoxy) is 2. The monoisotopic (exact) mass is 452 g/mol. The quantitative estimate of drug-likeness (QED) is 0.554. The number of hydrogen-bond donors (Lipinski definition) is 2. The van der Waals surface area contributed by atoms with Gasteiger partial charge in [0.05, 0.1) is 10.6 Å². The van der Waals surface area contributed by atoms with Crippen molar-refractivity contribution in [3.63, 3.8) is 0 Å². The van der Waals surface area contributed by atoms with Crippen molar-refractivity contribution in [1.82, 2.24) is 0 Å². The highest BCUT2D eigenvalue weighted by atomic mass is 32.2. The van der Waals surface area contributed by atoms with Gasteiger partial charge < -0.3 is 14.8 Å². The molecule has 1 amide bonds. The first-order valence-electron chi connectivity index (χ1n) is 10.2. The lowest BCUT2D eigenvalue weighted by Crippen LogP contribution is -2.15. The predicted molar refractivity (Wildman–Crippen MR) is 123 cm³/mol. The van der Waals surface area contributed by atoms with E-state index in [1.807, 2.05) is 50.2 Å². The Morgan fingerprint density at radius 2 is 1.62 bits per heavy atom. The van der Waals surface area contributed by atoms with Gasteiger partial charge in [-0.25, -0.2) is 8.42 Å². The summed E-state index contributed by atoms with van der Waals surface area (Å²) in [6.07, 6.45) is 0.836. The third-order valence-electron chi connectivity index (χ3n) is 5.24. The van der Waals surface area contributed by atoms with E-state index < -0.39 is 10.0 Å². The Morgan fingerprint density at radius 3 is 2.34 bits per heavy atom. The molecule has 4 rings (SSSR count). The molecule has 0 saturated carbocycles. The third-order valence-corrected chi connectivity index (χ3v) is 6.61. The van der Waals surface area contributed by atoms with E-state index in [0.717, 1.165) is 16.7 Å². The first-order valence-corrected chi connectivity index (χ1v) is 11.7. The summed E-state index contributed by atoms with van der Waals surface area (Å²) in [5.74, 6) is 1.24. The number of hydrogen-bond acceptors (Lipinski definition) is 5. The van der Waals surface area contributed by atoms with Gasteiger partial charge in [-0.2, -0.15) is 0 Å². The second-order valence-electron chi connectivity index (χ2n) is 7.63. The number of anilines is 2. The van der Waals surface area contributed by atoms with Crippen LogP contribution in [0.4, 0.5) is 11.4 Å². The van der Waals surface area contributed by atoms with E-state index in [1.165, 1.54) is 12.1 Å². The molecule has 0 unspecified atom stereocenters. The van der Waals surface area contributed by atoms with Gasteiger partial charge in [0, 0.05) is 12.1 Å². The molecule has 0 bridgehead atoms. The molecule has 0 atom stereocenters. The SMILES string of the molecule is Cc1cccc(C)c1NS(=O)(=O)c1ccc(NC(=O)CCc2ccc3c(c2)OCO3)cc1. The topological polar surface area (TPSA) is 93.7 Å². The molecule has 0 fully saturated rings. The van der Waals surface area contributed by atoms with E-state index in [4.69, 9.17) is 9.47 Å². The molecule has 0 radical (unpaired) electrons. The summed E-state index contributed by atoms with van der Waals surface area (Å²) in [4.78, 5) is 12.4. The van der Waals surface area contributed by atoms with Crippen LogP contribution in [0.3, 0.4) is 0 Å². The first kappa shape index (κ1) is 21.7. The maximum absolute atomic E-state index is 12.8. The van der Waals surface area contributed by atoms with Crippen LogP contribution in [0.5, 0.6) is 11.5 Å². The smallest absolute Gasteiger partial charge is 0.261 e. The zero-order chi connectivity index (χ0) is 22.7. The van der Waals surface area contributed by atoms with Crippen molar-refractivity contribution < 1.29 is 22.7 Å². The first-order chi connectivity index (χ1) is 15.3. The number of amides is 1. The number of carbonyl (C=O) groups is 1. The van der Waals surface area contributed by atoms with E-state index in [2.05, 4.69) is 10.0 Å². The number of carbonyl (C=O) groups excluding carboxylic acids is 1. The van der Waals surface area contributed by atoms with Gasteiger partial charge in [-0.05, 0) is 73.4 Å². The molecule has 0 saturated heterocycles. The minimum absolute atomic E-state index is 0.124. The number of aryl methyl sites for hydroxylation is 3. The van der Waals surface area contributed by atoms with Gasteiger partial charge in [-0.3, -0.25) is 9.52 Å². The fourth-order valence-electron chi connectivity index (χ4n) is 3.46. The Morgan fingerprint density at radius 1 is 0.938 bits per heavy atom. The molecule has 0 aliphatic carbocycles. The molecular formula is C24H24N2O5S. The fourth-order valence-corrected chi connectivity index (χ4v) is 4.67. The lowest BCUT2D eigenvalue weighted by Gasteiger charge is -2.13. The molecule has 0 aromatic heterocycles. The minimum atomic E-state index is -3.74. The summed E-state index contributed by atoms with van der Waals surface area (Å²) in [7, 11) is -3.74. The molecular weight excluding hydrogens is 428 g/mol. The second kappa shape index (κ2) is 8.92. The highest BCUT2D eigenvalue weighted by Gasteiger charge is 2.17. The maximum Gasteiger partial charge on any atom is 0.261 e. The van der Waals surface area contributed by atoms with E-state index in [1.54, 1.807) is 12.1 Å². The van der Waals surface area contributed by atoms with Crippen molar-refractivity contribution in [2.45, 2.75) is 31.6 Å². The largest absolute Gasteiger partial charge is 0.454 e. The normalized spacial score (nSPS) is 12.4. The van der Waals surface area contributed by atoms with Crippen molar-refractivity contribution in [2.24, 2.45) is 0 Å². The molecule has 2 N–H and O–H groups in total. The number of nitrogens with one attached hydrogen (secondary N) is 2. The van der Waals surface area contributed by atoms with Crippen LogP contribution in [0, 0.1) is 13.8 Å². The molecule has 7 nitrogen and oxygen atoms in total. The molecule has 0 spiro atoms. The Kier molecular flexibility index (Phi) is 6.05. The van der Waals surface area contributed by atoms with Crippen LogP contribution in [-0.2, 0) is 21.2 Å². The molecule has 1 aliphatic rings. The molecule has 3 aromatic rings. The summed E-state index contributed by atoms with van der Waals surface area (Å²) >= 11 is 0. The van der Waals surface area contributed by atoms with E-state index >= 15 is 0 Å². The highest BCUT2D eigenvalue weighted by Crippen LogP contribution is 2.32. The van der Waals surface area contributed by atoms with Crippen LogP contribution in [-0.4, -0.2) is 21.1 Å². The maximum atomic E-state index is 12.8. The minimum Gasteiger partial charge on any atom is -0.454 e. The summed E-state index contributed by atoms with van der Waals surface area (Å²) in [6, 6.07) is 17.3. The van der Waals surface area contributed by atoms with Gasteiger partial charge in [-0.15, -0.1) is 0 Å². The summed E-state index contributed by atoms with van der Waals surface area (Å²) in [5, 5.41) is 2.80. The van der Waals surface area contributed by atoms with Gasteiger partial charge >= 0.3 is 0 Å². The molecule has 1 aliphatic heterocycles. The predicted octanol–water partition coefficient (Wildman–Crippen LogP) is 4.40. The van der Waals surface area contributed by atoms with Crippen LogP contribution in [0.25, 0.3) is 0 Å². The molecule has 1 heterocycles. The van der Waals surface area contributed by atoms with Crippen LogP contribution in [0.2, 0.25) is 0 Å². The lowest BCUT2D eigenvalue weighted by atomic mass is 10.1. The molecule has 3 aromatic carbocycles. The van der Waals surface area contributed by atoms with Crippen LogP contribution < -0.4 is 19.5 Å². The van der Waals surface area contributed by atoms with Gasteiger partial charge in [0.2, 0.25) is 12.7 Å². The highest BCUT2D eigenvalue weighted by molar-refractivity contribution is 7.92. The van der Waals surface area contributed by atoms with E-state index in [-0.39, 0.29) is 24.0 Å². The van der Waals surface area contributed by atoms with Crippen LogP contribution >= 0.6 is 0 Å². The zero-order valence-corrected chi connectivity index (χ0v) is 18.7. The molecule has 166 valence electrons. The van der Waals surface area contributed by atoms with Gasteiger partial charge in [0.25, 0.3) is 10.0 Å². The number of fused-ring (bicyclic) bond motifs is 1. The average molecular weight is 453 g/mol. The Labute approximate surface area is 187 Å². The summed E-state index contributed by atoms with van der Waals surface area (Å²) in [6.45, 7) is 3.92. The van der Waals surface area contributed by atoms with Crippen molar-refractivity contribution in [3.8, 4) is 11.5 Å². The summed E-state index contributed by atoms with van der Waals surface area (Å²) in [5.41, 5.74) is 3.78. The van der Waals surface area contributed by atoms with Gasteiger partial charge in [-0.1, -0.05) is 24.3 Å². The van der Waals surface area contributed by atoms with Gasteiger partial charge in [0.1, 0.15) is 0 Å². The van der Waals surface area contributed by atoms with Crippen LogP contribution in [0.15, 0.2) is 65.6 Å². The third kappa shape index (κ3) is 4.86. The average Bonchev–Trinajstić information content (AvgIpc) is 3.23.